The van der Waals surface area contributed by atoms with Gasteiger partial charge in [-0.2, -0.15) is 5.26 Å². The van der Waals surface area contributed by atoms with Gasteiger partial charge >= 0.3 is 0 Å². The fraction of sp³-hybridized carbons (Fsp3) is 0.200. The first-order valence-corrected chi connectivity index (χ1v) is 7.96. The van der Waals surface area contributed by atoms with Gasteiger partial charge in [-0.25, -0.2) is 0 Å². The molecule has 126 valence electrons. The fourth-order valence-electron chi connectivity index (χ4n) is 2.62. The van der Waals surface area contributed by atoms with Gasteiger partial charge in [0, 0.05) is 0 Å². The van der Waals surface area contributed by atoms with Gasteiger partial charge in [-0.3, -0.25) is 4.79 Å². The Morgan fingerprint density at radius 1 is 1.24 bits per heavy atom. The van der Waals surface area contributed by atoms with Crippen molar-refractivity contribution in [1.82, 2.24) is 5.32 Å². The Morgan fingerprint density at radius 2 is 1.92 bits per heavy atom. The minimum Gasteiger partial charge on any atom is -0.454 e. The van der Waals surface area contributed by atoms with Crippen LogP contribution < -0.4 is 14.8 Å². The number of carbonyl (C=O) groups excluding carboxylic acids is 1. The molecule has 3 rings (SSSR count). The first kappa shape index (κ1) is 16.6. The van der Waals surface area contributed by atoms with Crippen LogP contribution in [0.15, 0.2) is 48.0 Å². The molecule has 0 saturated carbocycles. The highest BCUT2D eigenvalue weighted by Gasteiger charge is 2.17. The second-order valence-electron chi connectivity index (χ2n) is 5.84. The molecular formula is C20H18N2O3. The molecule has 0 radical (unpaired) electrons. The molecule has 1 amide bonds. The van der Waals surface area contributed by atoms with E-state index in [1.807, 2.05) is 56.3 Å². The van der Waals surface area contributed by atoms with Crippen molar-refractivity contribution in [3.63, 3.8) is 0 Å². The third-order valence-corrected chi connectivity index (χ3v) is 4.07. The van der Waals surface area contributed by atoms with Crippen molar-refractivity contribution < 1.29 is 14.3 Å². The minimum atomic E-state index is -0.407. The Kier molecular flexibility index (Phi) is 4.71. The van der Waals surface area contributed by atoms with E-state index < -0.39 is 5.91 Å². The topological polar surface area (TPSA) is 71.4 Å². The second kappa shape index (κ2) is 7.10. The maximum absolute atomic E-state index is 12.4. The van der Waals surface area contributed by atoms with E-state index >= 15 is 0 Å². The van der Waals surface area contributed by atoms with Crippen LogP contribution in [-0.2, 0) is 4.79 Å². The zero-order valence-electron chi connectivity index (χ0n) is 14.1. The molecule has 1 aliphatic rings. The molecule has 0 saturated heterocycles. The first-order chi connectivity index (χ1) is 12.1. The number of nitrogens with one attached hydrogen (secondary N) is 1. The number of carbonyl (C=O) groups is 1. The van der Waals surface area contributed by atoms with Crippen LogP contribution in [0.5, 0.6) is 11.5 Å². The molecule has 5 heteroatoms. The predicted molar refractivity (Wildman–Crippen MR) is 93.9 cm³/mol. The summed E-state index contributed by atoms with van der Waals surface area (Å²) in [6.07, 6.45) is 1.57. The van der Waals surface area contributed by atoms with Gasteiger partial charge in [-0.05, 0) is 48.7 Å². The fourth-order valence-corrected chi connectivity index (χ4v) is 2.62. The van der Waals surface area contributed by atoms with E-state index in [9.17, 15) is 10.1 Å². The summed E-state index contributed by atoms with van der Waals surface area (Å²) in [5.74, 6) is 0.887. The number of benzene rings is 2. The molecule has 2 aromatic carbocycles. The van der Waals surface area contributed by atoms with E-state index in [1.54, 1.807) is 12.1 Å². The van der Waals surface area contributed by atoms with Crippen molar-refractivity contribution >= 4 is 12.0 Å². The van der Waals surface area contributed by atoms with Gasteiger partial charge in [0.15, 0.2) is 11.5 Å². The van der Waals surface area contributed by atoms with Gasteiger partial charge in [0.25, 0.3) is 5.91 Å². The molecule has 1 heterocycles. The summed E-state index contributed by atoms with van der Waals surface area (Å²) in [4.78, 5) is 12.4. The molecule has 1 atom stereocenters. The second-order valence-corrected chi connectivity index (χ2v) is 5.84. The molecule has 5 nitrogen and oxygen atoms in total. The number of rotatable bonds is 4. The van der Waals surface area contributed by atoms with Crippen LogP contribution in [-0.4, -0.2) is 12.7 Å². The lowest BCUT2D eigenvalue weighted by molar-refractivity contribution is -0.117. The molecule has 0 aromatic heterocycles. The average molecular weight is 334 g/mol. The number of ether oxygens (including phenoxy) is 2. The van der Waals surface area contributed by atoms with Crippen molar-refractivity contribution in [2.75, 3.05) is 6.79 Å². The van der Waals surface area contributed by atoms with E-state index in [0.29, 0.717) is 11.5 Å². The third kappa shape index (κ3) is 3.64. The van der Waals surface area contributed by atoms with Crippen molar-refractivity contribution in [3.05, 3.63) is 64.7 Å². The van der Waals surface area contributed by atoms with Crippen molar-refractivity contribution in [2.24, 2.45) is 0 Å². The number of nitriles is 1. The Labute approximate surface area is 146 Å². The summed E-state index contributed by atoms with van der Waals surface area (Å²) in [5, 5.41) is 12.2. The largest absolute Gasteiger partial charge is 0.454 e. The SMILES string of the molecule is Cc1cc2c(cc1/C=C(\C#N)C(=O)N[C@@H](C)c1ccccc1)OCO2. The van der Waals surface area contributed by atoms with Crippen LogP contribution in [0.25, 0.3) is 6.08 Å². The third-order valence-electron chi connectivity index (χ3n) is 4.07. The Morgan fingerprint density at radius 3 is 2.60 bits per heavy atom. The highest BCUT2D eigenvalue weighted by Crippen LogP contribution is 2.35. The van der Waals surface area contributed by atoms with E-state index in [2.05, 4.69) is 5.32 Å². The summed E-state index contributed by atoms with van der Waals surface area (Å²) in [7, 11) is 0. The Bertz CT molecular complexity index is 867. The summed E-state index contributed by atoms with van der Waals surface area (Å²) < 4.78 is 10.7. The molecule has 1 N–H and O–H groups in total. The van der Waals surface area contributed by atoms with Gasteiger partial charge in [0.2, 0.25) is 6.79 Å². The number of hydrogen-bond donors (Lipinski definition) is 1. The van der Waals surface area contributed by atoms with Crippen LogP contribution in [0.3, 0.4) is 0 Å². The molecule has 1 aliphatic heterocycles. The lowest BCUT2D eigenvalue weighted by Crippen LogP contribution is -2.27. The molecule has 0 unspecified atom stereocenters. The molecule has 0 fully saturated rings. The zero-order chi connectivity index (χ0) is 17.8. The summed E-state index contributed by atoms with van der Waals surface area (Å²) in [6, 6.07) is 15.0. The van der Waals surface area contributed by atoms with Gasteiger partial charge in [-0.1, -0.05) is 30.3 Å². The predicted octanol–water partition coefficient (Wildman–Crippen LogP) is 3.51. The molecule has 0 aliphatic carbocycles. The van der Waals surface area contributed by atoms with Gasteiger partial charge in [0.1, 0.15) is 11.6 Å². The Hall–Kier alpha value is -3.26. The average Bonchev–Trinajstić information content (AvgIpc) is 3.07. The molecule has 2 aromatic rings. The van der Waals surface area contributed by atoms with Crippen LogP contribution in [0.1, 0.15) is 29.7 Å². The number of amides is 1. The van der Waals surface area contributed by atoms with Gasteiger partial charge < -0.3 is 14.8 Å². The smallest absolute Gasteiger partial charge is 0.262 e. The van der Waals surface area contributed by atoms with Crippen molar-refractivity contribution in [2.45, 2.75) is 19.9 Å². The maximum atomic E-state index is 12.4. The number of fused-ring (bicyclic) bond motifs is 1. The standard InChI is InChI=1S/C20H18N2O3/c1-13-8-18-19(25-12-24-18)10-16(13)9-17(11-21)20(23)22-14(2)15-6-4-3-5-7-15/h3-10,14H,12H2,1-2H3,(H,22,23)/b17-9+/t14-/m0/s1. The lowest BCUT2D eigenvalue weighted by Gasteiger charge is -2.14. The lowest BCUT2D eigenvalue weighted by atomic mass is 10.0. The van der Waals surface area contributed by atoms with E-state index in [4.69, 9.17) is 9.47 Å². The molecular weight excluding hydrogens is 316 g/mol. The number of nitrogens with zero attached hydrogens (tertiary/aromatic N) is 1. The summed E-state index contributed by atoms with van der Waals surface area (Å²) in [6.45, 7) is 3.96. The van der Waals surface area contributed by atoms with Crippen LogP contribution in [0.2, 0.25) is 0 Å². The molecule has 0 bridgehead atoms. The first-order valence-electron chi connectivity index (χ1n) is 7.96. The summed E-state index contributed by atoms with van der Waals surface area (Å²) >= 11 is 0. The zero-order valence-corrected chi connectivity index (χ0v) is 14.1. The van der Waals surface area contributed by atoms with Crippen molar-refractivity contribution in [3.8, 4) is 17.6 Å². The van der Waals surface area contributed by atoms with E-state index in [0.717, 1.165) is 16.7 Å². The molecule has 0 spiro atoms. The monoisotopic (exact) mass is 334 g/mol. The maximum Gasteiger partial charge on any atom is 0.262 e. The van der Waals surface area contributed by atoms with Crippen LogP contribution >= 0.6 is 0 Å². The van der Waals surface area contributed by atoms with Crippen LogP contribution in [0.4, 0.5) is 0 Å². The van der Waals surface area contributed by atoms with Gasteiger partial charge in [-0.15, -0.1) is 0 Å². The highest BCUT2D eigenvalue weighted by molar-refractivity contribution is 6.02. The van der Waals surface area contributed by atoms with Gasteiger partial charge in [0.05, 0.1) is 6.04 Å². The van der Waals surface area contributed by atoms with Crippen molar-refractivity contribution in [1.29, 1.82) is 5.26 Å². The van der Waals surface area contributed by atoms with E-state index in [1.165, 1.54) is 0 Å². The van der Waals surface area contributed by atoms with E-state index in [-0.39, 0.29) is 18.4 Å². The quantitative estimate of drug-likeness (QED) is 0.686. The minimum absolute atomic E-state index is 0.0461. The summed E-state index contributed by atoms with van der Waals surface area (Å²) in [5.41, 5.74) is 2.68. The highest BCUT2D eigenvalue weighted by atomic mass is 16.7. The number of aryl methyl sites for hydroxylation is 1. The van der Waals surface area contributed by atoms with Crippen LogP contribution in [0, 0.1) is 18.3 Å². The normalized spacial score (nSPS) is 13.9. The molecule has 25 heavy (non-hydrogen) atoms. The number of hydrogen-bond acceptors (Lipinski definition) is 4. The Balaban J connectivity index is 1.81.